The van der Waals surface area contributed by atoms with Crippen molar-refractivity contribution in [2.75, 3.05) is 13.2 Å². The van der Waals surface area contributed by atoms with Crippen molar-refractivity contribution in [1.82, 2.24) is 0 Å². The zero-order valence-electron chi connectivity index (χ0n) is 15.8. The van der Waals surface area contributed by atoms with Crippen molar-refractivity contribution in [3.63, 3.8) is 0 Å². The highest BCUT2D eigenvalue weighted by atomic mass is 16.8. The molecule has 0 aliphatic heterocycles. The van der Waals surface area contributed by atoms with Gasteiger partial charge in [0.05, 0.1) is 13.2 Å². The molecule has 0 bridgehead atoms. The average Bonchev–Trinajstić information content (AvgIpc) is 2.70. The smallest absolute Gasteiger partial charge is 0.493 e. The van der Waals surface area contributed by atoms with Crippen LogP contribution in [0.1, 0.15) is 47.4 Å². The molecular weight excluding hydrogens is 364 g/mol. The van der Waals surface area contributed by atoms with Crippen molar-refractivity contribution in [2.45, 2.75) is 26.7 Å². The molecule has 0 aliphatic carbocycles. The first kappa shape index (κ1) is 21.0. The molecule has 2 aromatic carbocycles. The van der Waals surface area contributed by atoms with E-state index >= 15 is 0 Å². The van der Waals surface area contributed by atoms with Crippen molar-refractivity contribution in [3.05, 3.63) is 59.7 Å². The third-order valence-electron chi connectivity index (χ3n) is 3.49. The summed E-state index contributed by atoms with van der Waals surface area (Å²) in [5.74, 6) is -1.38. The molecule has 148 valence electrons. The Morgan fingerprint density at radius 3 is 1.46 bits per heavy atom. The SMILES string of the molecule is CCCOc1ccccc1C(=O)OC(=O)OC(=O)c1ccccc1OCCC. The largest absolute Gasteiger partial charge is 0.524 e. The number of rotatable bonds is 8. The minimum absolute atomic E-state index is 0.0621. The third-order valence-corrected chi connectivity index (χ3v) is 3.49. The van der Waals surface area contributed by atoms with Crippen LogP contribution in [0.5, 0.6) is 11.5 Å². The van der Waals surface area contributed by atoms with Gasteiger partial charge in [-0.2, -0.15) is 0 Å². The van der Waals surface area contributed by atoms with E-state index < -0.39 is 18.1 Å². The lowest BCUT2D eigenvalue weighted by atomic mass is 10.2. The van der Waals surface area contributed by atoms with Gasteiger partial charge in [-0.25, -0.2) is 14.4 Å². The van der Waals surface area contributed by atoms with Crippen molar-refractivity contribution in [1.29, 1.82) is 0 Å². The molecule has 0 radical (unpaired) electrons. The summed E-state index contributed by atoms with van der Waals surface area (Å²) in [6, 6.07) is 12.7. The van der Waals surface area contributed by atoms with E-state index in [-0.39, 0.29) is 22.6 Å². The van der Waals surface area contributed by atoms with Gasteiger partial charge in [0.1, 0.15) is 22.6 Å². The zero-order valence-corrected chi connectivity index (χ0v) is 15.8. The Labute approximate surface area is 163 Å². The minimum atomic E-state index is -1.43. The quantitative estimate of drug-likeness (QED) is 0.491. The monoisotopic (exact) mass is 386 g/mol. The van der Waals surface area contributed by atoms with Gasteiger partial charge >= 0.3 is 18.1 Å². The first-order valence-corrected chi connectivity index (χ1v) is 8.98. The van der Waals surface area contributed by atoms with Gasteiger partial charge in [0.15, 0.2) is 0 Å². The van der Waals surface area contributed by atoms with Crippen LogP contribution in [0.15, 0.2) is 48.5 Å². The molecule has 0 spiro atoms. The molecule has 0 aliphatic rings. The molecule has 0 unspecified atom stereocenters. The number of carbonyl (C=O) groups is 3. The molecule has 7 heteroatoms. The second-order valence-electron chi connectivity index (χ2n) is 5.72. The average molecular weight is 386 g/mol. The number of para-hydroxylation sites is 2. The number of ether oxygens (including phenoxy) is 4. The molecule has 0 saturated carbocycles. The summed E-state index contributed by atoms with van der Waals surface area (Å²) in [5, 5.41) is 0. The van der Waals surface area contributed by atoms with Crippen molar-refractivity contribution < 1.29 is 33.3 Å². The summed E-state index contributed by atoms with van der Waals surface area (Å²) in [6.45, 7) is 4.65. The lowest BCUT2D eigenvalue weighted by Crippen LogP contribution is -2.19. The van der Waals surface area contributed by atoms with Gasteiger partial charge in [-0.1, -0.05) is 38.1 Å². The van der Waals surface area contributed by atoms with Crippen LogP contribution < -0.4 is 9.47 Å². The van der Waals surface area contributed by atoms with Crippen LogP contribution in [0.4, 0.5) is 4.79 Å². The standard InChI is InChI=1S/C21H22O7/c1-3-13-25-17-11-7-5-9-15(17)19(22)27-21(24)28-20(23)16-10-6-8-12-18(16)26-14-4-2/h5-12H,3-4,13-14H2,1-2H3. The first-order valence-electron chi connectivity index (χ1n) is 8.98. The number of esters is 2. The van der Waals surface area contributed by atoms with Crippen molar-refractivity contribution >= 4 is 18.1 Å². The summed E-state index contributed by atoms with van der Waals surface area (Å²) in [5.41, 5.74) is 0.124. The second kappa shape index (κ2) is 10.7. The van der Waals surface area contributed by atoms with E-state index in [0.717, 1.165) is 12.8 Å². The molecule has 0 heterocycles. The minimum Gasteiger partial charge on any atom is -0.493 e. The number of hydrogen-bond donors (Lipinski definition) is 0. The van der Waals surface area contributed by atoms with E-state index in [0.29, 0.717) is 13.2 Å². The van der Waals surface area contributed by atoms with Crippen molar-refractivity contribution in [2.24, 2.45) is 0 Å². The molecule has 28 heavy (non-hydrogen) atoms. The van der Waals surface area contributed by atoms with E-state index in [1.165, 1.54) is 12.1 Å². The Balaban J connectivity index is 2.03. The summed E-state index contributed by atoms with van der Waals surface area (Å²) < 4.78 is 20.2. The fourth-order valence-electron chi connectivity index (χ4n) is 2.23. The molecule has 0 aromatic heterocycles. The van der Waals surface area contributed by atoms with Crippen LogP contribution in [0.2, 0.25) is 0 Å². The van der Waals surface area contributed by atoms with Crippen LogP contribution in [0.3, 0.4) is 0 Å². The molecule has 7 nitrogen and oxygen atoms in total. The second-order valence-corrected chi connectivity index (χ2v) is 5.72. The maximum atomic E-state index is 12.2. The Morgan fingerprint density at radius 2 is 1.07 bits per heavy atom. The van der Waals surface area contributed by atoms with Gasteiger partial charge in [0.2, 0.25) is 0 Å². The Morgan fingerprint density at radius 1 is 0.679 bits per heavy atom. The summed E-state index contributed by atoms with van der Waals surface area (Å²) in [6.07, 6.45) is 0.0735. The van der Waals surface area contributed by atoms with Gasteiger partial charge < -0.3 is 18.9 Å². The van der Waals surface area contributed by atoms with Crippen LogP contribution in [-0.2, 0) is 9.47 Å². The maximum Gasteiger partial charge on any atom is 0.524 e. The highest BCUT2D eigenvalue weighted by Crippen LogP contribution is 2.21. The molecular formula is C21H22O7. The zero-order chi connectivity index (χ0) is 20.4. The third kappa shape index (κ3) is 5.84. The van der Waals surface area contributed by atoms with Gasteiger partial charge in [0, 0.05) is 0 Å². The fourth-order valence-corrected chi connectivity index (χ4v) is 2.23. The Hall–Kier alpha value is -3.35. The van der Waals surface area contributed by atoms with Crippen LogP contribution in [-0.4, -0.2) is 31.3 Å². The van der Waals surface area contributed by atoms with Crippen LogP contribution in [0.25, 0.3) is 0 Å². The Bertz CT molecular complexity index is 762. The first-order chi connectivity index (χ1) is 13.6. The summed E-state index contributed by atoms with van der Waals surface area (Å²) >= 11 is 0. The van der Waals surface area contributed by atoms with Crippen molar-refractivity contribution in [3.8, 4) is 11.5 Å². The molecule has 0 fully saturated rings. The molecule has 2 aromatic rings. The molecule has 0 atom stereocenters. The maximum absolute atomic E-state index is 12.2. The van der Waals surface area contributed by atoms with Gasteiger partial charge in [-0.3, -0.25) is 0 Å². The van der Waals surface area contributed by atoms with Crippen LogP contribution in [0, 0.1) is 0 Å². The lowest BCUT2D eigenvalue weighted by Gasteiger charge is -2.11. The Kier molecular flexibility index (Phi) is 8.02. The van der Waals surface area contributed by atoms with E-state index in [9.17, 15) is 14.4 Å². The van der Waals surface area contributed by atoms with E-state index in [4.69, 9.17) is 9.47 Å². The summed E-state index contributed by atoms with van der Waals surface area (Å²) in [4.78, 5) is 36.3. The van der Waals surface area contributed by atoms with Gasteiger partial charge in [-0.15, -0.1) is 0 Å². The van der Waals surface area contributed by atoms with Gasteiger partial charge in [0.25, 0.3) is 0 Å². The number of hydrogen-bond acceptors (Lipinski definition) is 7. The lowest BCUT2D eigenvalue weighted by molar-refractivity contribution is 0.0334. The summed E-state index contributed by atoms with van der Waals surface area (Å²) in [7, 11) is 0. The van der Waals surface area contributed by atoms with E-state index in [1.54, 1.807) is 36.4 Å². The normalized spacial score (nSPS) is 10.1. The molecule has 0 saturated heterocycles. The predicted molar refractivity (Wildman–Crippen MR) is 101 cm³/mol. The number of carbonyl (C=O) groups excluding carboxylic acids is 3. The topological polar surface area (TPSA) is 88.1 Å². The molecule has 2 rings (SSSR count). The predicted octanol–water partition coefficient (Wildman–Crippen LogP) is 4.40. The van der Waals surface area contributed by atoms with E-state index in [2.05, 4.69) is 9.47 Å². The highest BCUT2D eigenvalue weighted by molar-refractivity contribution is 6.02. The van der Waals surface area contributed by atoms with E-state index in [1.807, 2.05) is 13.8 Å². The molecule has 0 amide bonds. The van der Waals surface area contributed by atoms with Crippen LogP contribution >= 0.6 is 0 Å². The van der Waals surface area contributed by atoms with Gasteiger partial charge in [-0.05, 0) is 37.1 Å². The highest BCUT2D eigenvalue weighted by Gasteiger charge is 2.23. The fraction of sp³-hybridized carbons (Fsp3) is 0.286. The number of benzene rings is 2. The molecule has 0 N–H and O–H groups in total.